The molecule has 0 saturated heterocycles. The van der Waals surface area contributed by atoms with Crippen LogP contribution in [0.25, 0.3) is 0 Å². The second-order valence-electron chi connectivity index (χ2n) is 4.67. The lowest BCUT2D eigenvalue weighted by atomic mass is 9.96. The predicted octanol–water partition coefficient (Wildman–Crippen LogP) is 4.63. The van der Waals surface area contributed by atoms with Crippen LogP contribution >= 0.6 is 11.6 Å². The van der Waals surface area contributed by atoms with E-state index in [9.17, 15) is 8.78 Å². The van der Waals surface area contributed by atoms with Crippen molar-refractivity contribution in [1.82, 2.24) is 5.32 Å². The van der Waals surface area contributed by atoms with Crippen LogP contribution in [0.1, 0.15) is 29.7 Å². The molecule has 2 rings (SSSR count). The van der Waals surface area contributed by atoms with Gasteiger partial charge >= 0.3 is 0 Å². The van der Waals surface area contributed by atoms with Crippen LogP contribution in [0, 0.1) is 18.6 Å². The number of halogens is 3. The van der Waals surface area contributed by atoms with Gasteiger partial charge in [-0.1, -0.05) is 36.7 Å². The maximum atomic E-state index is 14.1. The highest BCUT2D eigenvalue weighted by molar-refractivity contribution is 6.30. The van der Waals surface area contributed by atoms with Gasteiger partial charge in [0.2, 0.25) is 0 Å². The van der Waals surface area contributed by atoms with Crippen molar-refractivity contribution in [1.29, 1.82) is 0 Å². The molecule has 20 heavy (non-hydrogen) atoms. The van der Waals surface area contributed by atoms with E-state index in [1.807, 2.05) is 6.92 Å². The summed E-state index contributed by atoms with van der Waals surface area (Å²) in [5.74, 6) is -0.633. The molecular formula is C16H16ClF2N. The van der Waals surface area contributed by atoms with Crippen LogP contribution in [0.4, 0.5) is 8.78 Å². The fourth-order valence-electron chi connectivity index (χ4n) is 2.19. The SMILES string of the molecule is CCNC(c1ccc(F)c(C)c1)c1ccc(Cl)cc1F. The molecule has 1 N–H and O–H groups in total. The second kappa shape index (κ2) is 6.33. The first-order valence-corrected chi connectivity index (χ1v) is 6.85. The summed E-state index contributed by atoms with van der Waals surface area (Å²) >= 11 is 5.78. The van der Waals surface area contributed by atoms with Gasteiger partial charge in [-0.2, -0.15) is 0 Å². The van der Waals surface area contributed by atoms with Crippen molar-refractivity contribution < 1.29 is 8.78 Å². The molecule has 0 heterocycles. The molecular weight excluding hydrogens is 280 g/mol. The van der Waals surface area contributed by atoms with Crippen molar-refractivity contribution in [2.75, 3.05) is 6.54 Å². The summed E-state index contributed by atoms with van der Waals surface area (Å²) in [4.78, 5) is 0. The van der Waals surface area contributed by atoms with Crippen molar-refractivity contribution in [3.05, 3.63) is 69.7 Å². The van der Waals surface area contributed by atoms with Gasteiger partial charge in [0.05, 0.1) is 6.04 Å². The summed E-state index contributed by atoms with van der Waals surface area (Å²) in [5.41, 5.74) is 1.87. The van der Waals surface area contributed by atoms with Crippen LogP contribution in [-0.2, 0) is 0 Å². The van der Waals surface area contributed by atoms with Crippen LogP contribution in [0.3, 0.4) is 0 Å². The molecule has 1 unspecified atom stereocenters. The second-order valence-corrected chi connectivity index (χ2v) is 5.10. The van der Waals surface area contributed by atoms with E-state index < -0.39 is 0 Å². The van der Waals surface area contributed by atoms with E-state index in [0.717, 1.165) is 5.56 Å². The van der Waals surface area contributed by atoms with Crippen molar-refractivity contribution in [2.45, 2.75) is 19.9 Å². The third-order valence-corrected chi connectivity index (χ3v) is 3.43. The lowest BCUT2D eigenvalue weighted by Gasteiger charge is -2.20. The van der Waals surface area contributed by atoms with Gasteiger partial charge in [-0.15, -0.1) is 0 Å². The van der Waals surface area contributed by atoms with E-state index in [1.54, 1.807) is 31.2 Å². The van der Waals surface area contributed by atoms with E-state index in [0.29, 0.717) is 22.7 Å². The third-order valence-electron chi connectivity index (χ3n) is 3.20. The van der Waals surface area contributed by atoms with Crippen LogP contribution < -0.4 is 5.32 Å². The summed E-state index contributed by atoms with van der Waals surface area (Å²) in [7, 11) is 0. The Balaban J connectivity index is 2.47. The summed E-state index contributed by atoms with van der Waals surface area (Å²) in [6, 6.07) is 9.09. The van der Waals surface area contributed by atoms with Crippen LogP contribution in [0.5, 0.6) is 0 Å². The van der Waals surface area contributed by atoms with Crippen molar-refractivity contribution in [3.63, 3.8) is 0 Å². The first-order valence-electron chi connectivity index (χ1n) is 6.47. The van der Waals surface area contributed by atoms with E-state index in [-0.39, 0.29) is 17.7 Å². The Morgan fingerprint density at radius 2 is 1.85 bits per heavy atom. The maximum Gasteiger partial charge on any atom is 0.129 e. The highest BCUT2D eigenvalue weighted by Gasteiger charge is 2.18. The largest absolute Gasteiger partial charge is 0.306 e. The Morgan fingerprint density at radius 3 is 2.45 bits per heavy atom. The van der Waals surface area contributed by atoms with Gasteiger partial charge < -0.3 is 5.32 Å². The molecule has 0 aliphatic carbocycles. The zero-order chi connectivity index (χ0) is 14.7. The van der Waals surface area contributed by atoms with Crippen LogP contribution in [0.15, 0.2) is 36.4 Å². The Hall–Kier alpha value is -1.45. The van der Waals surface area contributed by atoms with Gasteiger partial charge in [-0.25, -0.2) is 8.78 Å². The zero-order valence-electron chi connectivity index (χ0n) is 11.4. The zero-order valence-corrected chi connectivity index (χ0v) is 12.1. The molecule has 1 atom stereocenters. The third kappa shape index (κ3) is 3.17. The van der Waals surface area contributed by atoms with E-state index in [1.165, 1.54) is 12.1 Å². The molecule has 2 aromatic carbocycles. The molecule has 0 bridgehead atoms. The number of nitrogens with one attached hydrogen (secondary N) is 1. The van der Waals surface area contributed by atoms with Gasteiger partial charge in [0, 0.05) is 10.6 Å². The van der Waals surface area contributed by atoms with Gasteiger partial charge in [-0.05, 0) is 42.8 Å². The average Bonchev–Trinajstić information content (AvgIpc) is 2.40. The fraction of sp³-hybridized carbons (Fsp3) is 0.250. The molecule has 0 radical (unpaired) electrons. The highest BCUT2D eigenvalue weighted by atomic mass is 35.5. The smallest absolute Gasteiger partial charge is 0.129 e. The molecule has 0 aromatic heterocycles. The molecule has 0 fully saturated rings. The topological polar surface area (TPSA) is 12.0 Å². The maximum absolute atomic E-state index is 14.1. The fourth-order valence-corrected chi connectivity index (χ4v) is 2.35. The molecule has 0 aliphatic rings. The highest BCUT2D eigenvalue weighted by Crippen LogP contribution is 2.27. The minimum absolute atomic E-state index is 0.263. The van der Waals surface area contributed by atoms with Gasteiger partial charge in [0.1, 0.15) is 11.6 Å². The predicted molar refractivity (Wildman–Crippen MR) is 78.1 cm³/mol. The van der Waals surface area contributed by atoms with E-state index in [4.69, 9.17) is 11.6 Å². The molecule has 0 spiro atoms. The lowest BCUT2D eigenvalue weighted by Crippen LogP contribution is -2.23. The molecule has 0 amide bonds. The number of hydrogen-bond donors (Lipinski definition) is 1. The summed E-state index contributed by atoms with van der Waals surface area (Å²) < 4.78 is 27.5. The molecule has 2 aromatic rings. The monoisotopic (exact) mass is 295 g/mol. The Morgan fingerprint density at radius 1 is 1.10 bits per heavy atom. The molecule has 0 aliphatic heterocycles. The van der Waals surface area contributed by atoms with Crippen molar-refractivity contribution >= 4 is 11.6 Å². The molecule has 1 nitrogen and oxygen atoms in total. The quantitative estimate of drug-likeness (QED) is 0.867. The van der Waals surface area contributed by atoms with Gasteiger partial charge in [0.25, 0.3) is 0 Å². The van der Waals surface area contributed by atoms with Gasteiger partial charge in [-0.3, -0.25) is 0 Å². The van der Waals surface area contributed by atoms with Gasteiger partial charge in [0.15, 0.2) is 0 Å². The number of hydrogen-bond acceptors (Lipinski definition) is 1. The van der Waals surface area contributed by atoms with Crippen molar-refractivity contribution in [3.8, 4) is 0 Å². The standard InChI is InChI=1S/C16H16ClF2N/c1-3-20-16(11-4-7-14(18)10(2)8-11)13-6-5-12(17)9-15(13)19/h4-9,16,20H,3H2,1-2H3. The average molecular weight is 296 g/mol. The summed E-state index contributed by atoms with van der Waals surface area (Å²) in [5, 5.41) is 3.57. The summed E-state index contributed by atoms with van der Waals surface area (Å²) in [6.45, 7) is 4.31. The summed E-state index contributed by atoms with van der Waals surface area (Å²) in [6.07, 6.45) is 0. The van der Waals surface area contributed by atoms with Crippen molar-refractivity contribution in [2.24, 2.45) is 0 Å². The molecule has 106 valence electrons. The number of benzene rings is 2. The lowest BCUT2D eigenvalue weighted by molar-refractivity contribution is 0.557. The minimum atomic E-state index is -0.370. The number of rotatable bonds is 4. The molecule has 4 heteroatoms. The van der Waals surface area contributed by atoms with E-state index >= 15 is 0 Å². The first-order chi connectivity index (χ1) is 9.52. The number of aryl methyl sites for hydroxylation is 1. The normalized spacial score (nSPS) is 12.4. The minimum Gasteiger partial charge on any atom is -0.306 e. The van der Waals surface area contributed by atoms with Crippen LogP contribution in [-0.4, -0.2) is 6.54 Å². The Labute approximate surface area is 122 Å². The molecule has 0 saturated carbocycles. The van der Waals surface area contributed by atoms with Crippen LogP contribution in [0.2, 0.25) is 5.02 Å². The first kappa shape index (κ1) is 14.9. The Bertz CT molecular complexity index is 613. The van der Waals surface area contributed by atoms with E-state index in [2.05, 4.69) is 5.32 Å². The Kier molecular flexibility index (Phi) is 4.73.